The third-order valence-corrected chi connectivity index (χ3v) is 3.91. The summed E-state index contributed by atoms with van der Waals surface area (Å²) in [7, 11) is 3.25. The van der Waals surface area contributed by atoms with Crippen LogP contribution in [0.4, 0.5) is 0 Å². The van der Waals surface area contributed by atoms with Crippen LogP contribution in [0.5, 0.6) is 11.5 Å². The van der Waals surface area contributed by atoms with Gasteiger partial charge in [0.25, 0.3) is 0 Å². The molecule has 0 radical (unpaired) electrons. The molecule has 0 fully saturated rings. The minimum Gasteiger partial charge on any atom is -0.497 e. The molecule has 5 heteroatoms. The van der Waals surface area contributed by atoms with Crippen LogP contribution < -0.4 is 9.47 Å². The molecule has 0 bridgehead atoms. The van der Waals surface area contributed by atoms with Crippen molar-refractivity contribution in [3.63, 3.8) is 0 Å². The maximum atomic E-state index is 5.81. The maximum absolute atomic E-state index is 5.81. The molecule has 0 spiro atoms. The number of rotatable bonds is 4. The maximum Gasteiger partial charge on any atom is 0.246 e. The number of nitrogens with zero attached hydrogens (tertiary/aromatic N) is 2. The van der Waals surface area contributed by atoms with Crippen molar-refractivity contribution in [1.29, 1.82) is 0 Å². The average Bonchev–Trinajstić information content (AvgIpc) is 3.12. The Labute approximate surface area is 144 Å². The molecule has 4 aromatic rings. The van der Waals surface area contributed by atoms with Gasteiger partial charge in [-0.1, -0.05) is 18.2 Å². The summed E-state index contributed by atoms with van der Waals surface area (Å²) in [5, 5.41) is 0. The summed E-state index contributed by atoms with van der Waals surface area (Å²) in [5.74, 6) is 1.92. The van der Waals surface area contributed by atoms with Gasteiger partial charge in [0.1, 0.15) is 22.7 Å². The van der Waals surface area contributed by atoms with E-state index in [0.717, 1.165) is 22.4 Å². The van der Waals surface area contributed by atoms with Gasteiger partial charge in [-0.25, -0.2) is 9.97 Å². The first-order chi connectivity index (χ1) is 12.3. The predicted octanol–water partition coefficient (Wildman–Crippen LogP) is 4.57. The summed E-state index contributed by atoms with van der Waals surface area (Å²) in [5.41, 5.74) is 3.92. The molecule has 0 saturated heterocycles. The average molecular weight is 332 g/mol. The van der Waals surface area contributed by atoms with Crippen molar-refractivity contribution in [1.82, 2.24) is 9.97 Å². The molecule has 2 heterocycles. The largest absolute Gasteiger partial charge is 0.497 e. The van der Waals surface area contributed by atoms with Gasteiger partial charge in [-0.05, 0) is 36.4 Å². The van der Waals surface area contributed by atoms with Crippen molar-refractivity contribution < 1.29 is 13.9 Å². The molecule has 5 nitrogen and oxygen atoms in total. The van der Waals surface area contributed by atoms with Crippen LogP contribution in [0.15, 0.2) is 65.1 Å². The van der Waals surface area contributed by atoms with E-state index in [2.05, 4.69) is 4.98 Å². The van der Waals surface area contributed by atoms with Crippen molar-refractivity contribution in [3.8, 4) is 34.3 Å². The zero-order valence-corrected chi connectivity index (χ0v) is 13.9. The fraction of sp³-hybridized carbons (Fsp3) is 0.100. The lowest BCUT2D eigenvalue weighted by atomic mass is 10.1. The number of fused-ring (bicyclic) bond motifs is 1. The summed E-state index contributed by atoms with van der Waals surface area (Å²) in [4.78, 5) is 9.20. The fourth-order valence-electron chi connectivity index (χ4n) is 2.65. The number of pyridine rings is 1. The Bertz CT molecular complexity index is 985. The highest BCUT2D eigenvalue weighted by molar-refractivity contribution is 5.76. The quantitative estimate of drug-likeness (QED) is 0.548. The first kappa shape index (κ1) is 15.2. The van der Waals surface area contributed by atoms with Crippen LogP contribution in [0.1, 0.15) is 0 Å². The molecule has 2 aromatic heterocycles. The van der Waals surface area contributed by atoms with Gasteiger partial charge in [0.2, 0.25) is 5.89 Å². The van der Waals surface area contributed by atoms with E-state index >= 15 is 0 Å². The lowest BCUT2D eigenvalue weighted by Crippen LogP contribution is -1.91. The number of ether oxygens (including phenoxy) is 2. The van der Waals surface area contributed by atoms with Crippen molar-refractivity contribution >= 4 is 11.1 Å². The molecule has 0 N–H and O–H groups in total. The van der Waals surface area contributed by atoms with Crippen LogP contribution >= 0.6 is 0 Å². The second kappa shape index (κ2) is 6.28. The highest BCUT2D eigenvalue weighted by Crippen LogP contribution is 2.30. The molecule has 2 aromatic carbocycles. The van der Waals surface area contributed by atoms with Crippen molar-refractivity contribution in [2.24, 2.45) is 0 Å². The van der Waals surface area contributed by atoms with E-state index in [0.29, 0.717) is 23.1 Å². The zero-order chi connectivity index (χ0) is 17.2. The van der Waals surface area contributed by atoms with Gasteiger partial charge in [0, 0.05) is 11.6 Å². The number of hydrogen-bond donors (Lipinski definition) is 0. The molecule has 25 heavy (non-hydrogen) atoms. The number of oxazole rings is 1. The Balaban J connectivity index is 1.79. The molecule has 124 valence electrons. The van der Waals surface area contributed by atoms with Gasteiger partial charge in [0.15, 0.2) is 5.58 Å². The number of aromatic nitrogens is 2. The Hall–Kier alpha value is -3.34. The second-order valence-electron chi connectivity index (χ2n) is 5.50. The van der Waals surface area contributed by atoms with E-state index in [1.807, 2.05) is 60.7 Å². The molecule has 4 rings (SSSR count). The number of para-hydroxylation sites is 2. The van der Waals surface area contributed by atoms with Gasteiger partial charge in [-0.2, -0.15) is 0 Å². The lowest BCUT2D eigenvalue weighted by molar-refractivity contribution is 0.394. The predicted molar refractivity (Wildman–Crippen MR) is 95.8 cm³/mol. The Morgan fingerprint density at radius 1 is 0.760 bits per heavy atom. The third-order valence-electron chi connectivity index (χ3n) is 3.91. The normalized spacial score (nSPS) is 10.8. The first-order valence-electron chi connectivity index (χ1n) is 7.83. The first-order valence-corrected chi connectivity index (χ1v) is 7.83. The van der Waals surface area contributed by atoms with E-state index < -0.39 is 0 Å². The monoisotopic (exact) mass is 332 g/mol. The highest BCUT2D eigenvalue weighted by Gasteiger charge is 2.11. The molecule has 0 saturated carbocycles. The topological polar surface area (TPSA) is 57.4 Å². The number of methoxy groups -OCH3 is 2. The molecule has 0 amide bonds. The standard InChI is InChI=1S/C20H16N2O3/c1-23-14-10-13(11-15(12-14)24-2)16-7-5-8-18(21-16)20-22-17-6-3-4-9-19(17)25-20/h3-12H,1-2H3. The van der Waals surface area contributed by atoms with Crippen LogP contribution in [-0.4, -0.2) is 24.2 Å². The summed E-state index contributed by atoms with van der Waals surface area (Å²) >= 11 is 0. The smallest absolute Gasteiger partial charge is 0.246 e. The lowest BCUT2D eigenvalue weighted by Gasteiger charge is -2.08. The SMILES string of the molecule is COc1cc(OC)cc(-c2cccc(-c3nc4ccccc4o3)n2)c1. The zero-order valence-electron chi connectivity index (χ0n) is 13.9. The van der Waals surface area contributed by atoms with Gasteiger partial charge in [-0.3, -0.25) is 0 Å². The van der Waals surface area contributed by atoms with Crippen molar-refractivity contribution in [3.05, 3.63) is 60.7 Å². The Morgan fingerprint density at radius 2 is 1.48 bits per heavy atom. The molecule has 0 aliphatic heterocycles. The van der Waals surface area contributed by atoms with E-state index in [4.69, 9.17) is 18.9 Å². The molecule has 0 aliphatic carbocycles. The van der Waals surface area contributed by atoms with E-state index in [1.165, 1.54) is 0 Å². The van der Waals surface area contributed by atoms with Gasteiger partial charge >= 0.3 is 0 Å². The van der Waals surface area contributed by atoms with E-state index in [-0.39, 0.29) is 0 Å². The summed E-state index contributed by atoms with van der Waals surface area (Å²) in [6.07, 6.45) is 0. The fourth-order valence-corrected chi connectivity index (χ4v) is 2.65. The van der Waals surface area contributed by atoms with Crippen LogP contribution in [0, 0.1) is 0 Å². The minimum absolute atomic E-state index is 0.498. The molecule has 0 aliphatic rings. The van der Waals surface area contributed by atoms with Crippen LogP contribution in [0.25, 0.3) is 33.9 Å². The van der Waals surface area contributed by atoms with Crippen LogP contribution in [-0.2, 0) is 0 Å². The third kappa shape index (κ3) is 2.92. The summed E-state index contributed by atoms with van der Waals surface area (Å²) in [6.45, 7) is 0. The van der Waals surface area contributed by atoms with Crippen molar-refractivity contribution in [2.45, 2.75) is 0 Å². The number of hydrogen-bond acceptors (Lipinski definition) is 5. The van der Waals surface area contributed by atoms with Gasteiger partial charge in [-0.15, -0.1) is 0 Å². The number of benzene rings is 2. The molecule has 0 unspecified atom stereocenters. The molecular formula is C20H16N2O3. The van der Waals surface area contributed by atoms with Crippen LogP contribution in [0.2, 0.25) is 0 Å². The molecular weight excluding hydrogens is 316 g/mol. The Kier molecular flexibility index (Phi) is 3.82. The van der Waals surface area contributed by atoms with Crippen LogP contribution in [0.3, 0.4) is 0 Å². The Morgan fingerprint density at radius 3 is 2.20 bits per heavy atom. The summed E-state index contributed by atoms with van der Waals surface area (Å²) < 4.78 is 16.5. The van der Waals surface area contributed by atoms with Crippen molar-refractivity contribution in [2.75, 3.05) is 14.2 Å². The highest BCUT2D eigenvalue weighted by atomic mass is 16.5. The van der Waals surface area contributed by atoms with Gasteiger partial charge < -0.3 is 13.9 Å². The second-order valence-corrected chi connectivity index (χ2v) is 5.50. The van der Waals surface area contributed by atoms with E-state index in [1.54, 1.807) is 14.2 Å². The van der Waals surface area contributed by atoms with E-state index in [9.17, 15) is 0 Å². The summed E-state index contributed by atoms with van der Waals surface area (Å²) in [6, 6.07) is 19.1. The molecule has 0 atom stereocenters. The van der Waals surface area contributed by atoms with Gasteiger partial charge in [0.05, 0.1) is 19.9 Å². The minimum atomic E-state index is 0.498.